The van der Waals surface area contributed by atoms with Crippen molar-refractivity contribution in [1.29, 1.82) is 0 Å². The van der Waals surface area contributed by atoms with Crippen LogP contribution >= 0.6 is 0 Å². The Bertz CT molecular complexity index is 1270. The van der Waals surface area contributed by atoms with Gasteiger partial charge in [-0.15, -0.1) is 5.10 Å². The number of H-pyrrole nitrogens is 1. The van der Waals surface area contributed by atoms with E-state index in [-0.39, 0.29) is 6.03 Å². The van der Waals surface area contributed by atoms with Gasteiger partial charge in [0.15, 0.2) is 0 Å². The molecule has 0 bridgehead atoms. The molecule has 0 saturated carbocycles. The molecule has 7 heteroatoms. The molecule has 3 heterocycles. The van der Waals surface area contributed by atoms with Crippen LogP contribution in [0.1, 0.15) is 11.1 Å². The predicted molar refractivity (Wildman–Crippen MR) is 118 cm³/mol. The number of para-hydroxylation sites is 1. The maximum absolute atomic E-state index is 12.2. The molecule has 3 N–H and O–H groups in total. The largest absolute Gasteiger partial charge is 0.346 e. The van der Waals surface area contributed by atoms with E-state index in [0.29, 0.717) is 5.69 Å². The molecule has 1 aliphatic heterocycles. The number of hydrogen-bond donors (Lipinski definition) is 3. The zero-order valence-electron chi connectivity index (χ0n) is 15.8. The molecule has 7 nitrogen and oxygen atoms in total. The molecule has 5 rings (SSSR count). The highest BCUT2D eigenvalue weighted by Crippen LogP contribution is 2.29. The van der Waals surface area contributed by atoms with Gasteiger partial charge in [0.1, 0.15) is 11.4 Å². The van der Waals surface area contributed by atoms with Crippen LogP contribution in [0.2, 0.25) is 0 Å². The van der Waals surface area contributed by atoms with Crippen molar-refractivity contribution in [3.05, 3.63) is 96.5 Å². The molecule has 0 spiro atoms. The van der Waals surface area contributed by atoms with Crippen molar-refractivity contribution in [2.45, 2.75) is 0 Å². The van der Waals surface area contributed by atoms with E-state index in [9.17, 15) is 4.79 Å². The number of nitrogens with zero attached hydrogens (tertiary/aromatic N) is 3. The lowest BCUT2D eigenvalue weighted by Crippen LogP contribution is -2.19. The van der Waals surface area contributed by atoms with E-state index in [0.717, 1.165) is 39.1 Å². The average Bonchev–Trinajstić information content (AvgIpc) is 3.44. The molecule has 0 saturated heterocycles. The van der Waals surface area contributed by atoms with E-state index in [4.69, 9.17) is 0 Å². The fraction of sp³-hybridized carbons (Fsp3) is 0. The Morgan fingerprint density at radius 3 is 2.43 bits per heavy atom. The number of carbonyl (C=O) groups excluding carboxylic acids is 1. The normalized spacial score (nSPS) is 12.8. The highest BCUT2D eigenvalue weighted by atomic mass is 16.2. The molecule has 145 valence electrons. The maximum atomic E-state index is 12.2. The number of hydrogen-bond acceptors (Lipinski definition) is 3. The van der Waals surface area contributed by atoms with Crippen molar-refractivity contribution in [3.63, 3.8) is 0 Å². The summed E-state index contributed by atoms with van der Waals surface area (Å²) in [6.07, 6.45) is 5.39. The molecule has 0 fully saturated rings. The van der Waals surface area contributed by atoms with Crippen LogP contribution in [0.5, 0.6) is 0 Å². The minimum Gasteiger partial charge on any atom is -0.346 e. The summed E-state index contributed by atoms with van der Waals surface area (Å²) in [7, 11) is 0. The van der Waals surface area contributed by atoms with E-state index in [1.165, 1.54) is 0 Å². The van der Waals surface area contributed by atoms with Gasteiger partial charge < -0.3 is 15.6 Å². The zero-order chi connectivity index (χ0) is 20.3. The third-order valence-electron chi connectivity index (χ3n) is 4.80. The summed E-state index contributed by atoms with van der Waals surface area (Å²) >= 11 is 0. The number of aromatic amines is 1. The smallest absolute Gasteiger partial charge is 0.323 e. The molecule has 0 atom stereocenters. The topological polar surface area (TPSA) is 96.3 Å². The summed E-state index contributed by atoms with van der Waals surface area (Å²) in [6.45, 7) is 0. The lowest BCUT2D eigenvalue weighted by atomic mass is 9.96. The summed E-state index contributed by atoms with van der Waals surface area (Å²) in [4.78, 5) is 19.6. The first-order chi connectivity index (χ1) is 14.8. The van der Waals surface area contributed by atoms with Crippen molar-refractivity contribution in [2.24, 2.45) is 5.10 Å². The second-order valence-electron chi connectivity index (χ2n) is 6.73. The molecule has 4 aromatic rings. The molecule has 0 unspecified atom stereocenters. The summed E-state index contributed by atoms with van der Waals surface area (Å²) in [5.41, 5.74) is 10.0. The zero-order valence-corrected chi connectivity index (χ0v) is 15.8. The van der Waals surface area contributed by atoms with Gasteiger partial charge in [-0.2, -0.15) is 5.43 Å². The van der Waals surface area contributed by atoms with Crippen molar-refractivity contribution in [1.82, 2.24) is 15.4 Å². The molecule has 2 aromatic heterocycles. The standard InChI is InChI=1S/C23H17N6O/c30-23(27-16-4-2-1-3-5-16)28-17-8-6-15(7-9-17)21-20(14-26-29-21)18-10-12-24-22-19(18)11-13-25-22/h1-14H,(H,24,25)(H2,27,28,30). The molecule has 1 radical (unpaired) electrons. The van der Waals surface area contributed by atoms with Gasteiger partial charge in [0.2, 0.25) is 0 Å². The molecule has 0 aliphatic carbocycles. The Labute approximate surface area is 172 Å². The fourth-order valence-corrected chi connectivity index (χ4v) is 3.39. The lowest BCUT2D eigenvalue weighted by molar-refractivity contribution is 0.262. The van der Waals surface area contributed by atoms with E-state index in [1.807, 2.05) is 72.9 Å². The number of fused-ring (bicyclic) bond motifs is 1. The summed E-state index contributed by atoms with van der Waals surface area (Å²) < 4.78 is 0. The second kappa shape index (κ2) is 7.56. The van der Waals surface area contributed by atoms with Gasteiger partial charge in [-0.3, -0.25) is 0 Å². The first-order valence-corrected chi connectivity index (χ1v) is 9.42. The Kier molecular flexibility index (Phi) is 4.46. The number of urea groups is 1. The predicted octanol–water partition coefficient (Wildman–Crippen LogP) is 4.57. The highest BCUT2D eigenvalue weighted by Gasteiger charge is 2.20. The molecular formula is C23H17N6O. The summed E-state index contributed by atoms with van der Waals surface area (Å²) in [6, 6.07) is 20.5. The van der Waals surface area contributed by atoms with E-state index in [1.54, 1.807) is 12.4 Å². The lowest BCUT2D eigenvalue weighted by Gasteiger charge is -2.10. The van der Waals surface area contributed by atoms with Crippen LogP contribution in [0.25, 0.3) is 16.6 Å². The highest BCUT2D eigenvalue weighted by molar-refractivity contribution is 6.34. The van der Waals surface area contributed by atoms with Gasteiger partial charge in [0.25, 0.3) is 0 Å². The van der Waals surface area contributed by atoms with Crippen LogP contribution in [0.3, 0.4) is 0 Å². The number of nitrogens with one attached hydrogen (secondary N) is 3. The number of allylic oxidation sites excluding steroid dienone is 1. The van der Waals surface area contributed by atoms with Gasteiger partial charge in [-0.25, -0.2) is 9.78 Å². The van der Waals surface area contributed by atoms with Crippen molar-refractivity contribution in [3.8, 4) is 0 Å². The Morgan fingerprint density at radius 2 is 1.63 bits per heavy atom. The van der Waals surface area contributed by atoms with E-state index >= 15 is 0 Å². The number of benzene rings is 2. The average molecular weight is 393 g/mol. The number of pyridine rings is 1. The number of aromatic nitrogens is 2. The number of anilines is 2. The number of carbonyl (C=O) groups is 1. The fourth-order valence-electron chi connectivity index (χ4n) is 3.39. The quantitative estimate of drug-likeness (QED) is 0.473. The van der Waals surface area contributed by atoms with Crippen molar-refractivity contribution >= 4 is 39.7 Å². The van der Waals surface area contributed by atoms with Crippen LogP contribution in [-0.2, 0) is 0 Å². The van der Waals surface area contributed by atoms with Gasteiger partial charge in [0, 0.05) is 40.3 Å². The third kappa shape index (κ3) is 3.40. The molecular weight excluding hydrogens is 376 g/mol. The molecule has 2 amide bonds. The van der Waals surface area contributed by atoms with Gasteiger partial charge in [-0.05, 0) is 42.0 Å². The SMILES string of the molecule is O=C(Nc1ccccc1)Nc1ccc(C2=N[N]C=C2c2ccnc3[nH]ccc23)cc1. The van der Waals surface area contributed by atoms with E-state index in [2.05, 4.69) is 31.1 Å². The Balaban J connectivity index is 1.33. The third-order valence-corrected chi connectivity index (χ3v) is 4.80. The van der Waals surface area contributed by atoms with Crippen molar-refractivity contribution in [2.75, 3.05) is 10.6 Å². The van der Waals surface area contributed by atoms with Gasteiger partial charge in [0.05, 0.1) is 6.20 Å². The minimum absolute atomic E-state index is 0.297. The summed E-state index contributed by atoms with van der Waals surface area (Å²) in [5.74, 6) is 0. The maximum Gasteiger partial charge on any atom is 0.323 e. The molecule has 1 aliphatic rings. The first kappa shape index (κ1) is 17.7. The van der Waals surface area contributed by atoms with Crippen LogP contribution in [0, 0.1) is 0 Å². The van der Waals surface area contributed by atoms with Crippen LogP contribution in [0.15, 0.2) is 90.4 Å². The second-order valence-corrected chi connectivity index (χ2v) is 6.73. The summed E-state index contributed by atoms with van der Waals surface area (Å²) in [5, 5.41) is 11.0. The molecule has 30 heavy (non-hydrogen) atoms. The van der Waals surface area contributed by atoms with Gasteiger partial charge in [-0.1, -0.05) is 30.3 Å². The van der Waals surface area contributed by atoms with Crippen LogP contribution in [0.4, 0.5) is 16.2 Å². The van der Waals surface area contributed by atoms with E-state index < -0.39 is 0 Å². The Morgan fingerprint density at radius 1 is 0.867 bits per heavy atom. The van der Waals surface area contributed by atoms with Gasteiger partial charge >= 0.3 is 6.03 Å². The monoisotopic (exact) mass is 393 g/mol. The van der Waals surface area contributed by atoms with Crippen LogP contribution in [-0.4, -0.2) is 21.7 Å². The van der Waals surface area contributed by atoms with Crippen LogP contribution < -0.4 is 16.1 Å². The van der Waals surface area contributed by atoms with Crippen molar-refractivity contribution < 1.29 is 4.79 Å². The first-order valence-electron chi connectivity index (χ1n) is 9.42. The number of amides is 2. The minimum atomic E-state index is -0.297. The molecule has 2 aromatic carbocycles. The number of rotatable bonds is 4. The Hall–Kier alpha value is -4.39.